The summed E-state index contributed by atoms with van der Waals surface area (Å²) in [6, 6.07) is 27.0. The third-order valence-electron chi connectivity index (χ3n) is 6.62. The average molecular weight is 665 g/mol. The molecular formula is C33H34BrN3O5S. The highest BCUT2D eigenvalue weighted by molar-refractivity contribution is 9.10. The smallest absolute Gasteiger partial charge is 0.264 e. The van der Waals surface area contributed by atoms with Crippen LogP contribution >= 0.6 is 15.9 Å². The van der Waals surface area contributed by atoms with Gasteiger partial charge in [0.05, 0.1) is 28.4 Å². The predicted octanol–water partition coefficient (Wildman–Crippen LogP) is 6.81. The van der Waals surface area contributed by atoms with Gasteiger partial charge < -0.3 is 9.47 Å². The van der Waals surface area contributed by atoms with Crippen molar-refractivity contribution in [2.45, 2.75) is 38.2 Å². The van der Waals surface area contributed by atoms with E-state index in [1.807, 2.05) is 49.4 Å². The molecule has 0 saturated heterocycles. The lowest BCUT2D eigenvalue weighted by molar-refractivity contribution is -0.119. The second-order valence-electron chi connectivity index (χ2n) is 10.2. The fourth-order valence-corrected chi connectivity index (χ4v) is 6.20. The number of halogens is 1. The number of rotatable bonds is 12. The van der Waals surface area contributed by atoms with Crippen molar-refractivity contribution in [1.29, 1.82) is 0 Å². The molecule has 0 bridgehead atoms. The molecule has 224 valence electrons. The number of nitrogens with zero attached hydrogens (tertiary/aromatic N) is 2. The first-order chi connectivity index (χ1) is 20.6. The summed E-state index contributed by atoms with van der Waals surface area (Å²) in [6.07, 6.45) is 1.45. The standard InChI is InChI=1S/C33H34BrN3O5S/c1-23(2)27-12-14-28(15-13-27)37(43(39,40)29-16-10-24(3)11-17-29)21-32(38)36-35-20-26-18-30(34)33(31(19-26)41-4)42-22-25-8-6-5-7-9-25/h5-20,23H,21-22H2,1-4H3,(H,36,38)/b35-20-. The van der Waals surface area contributed by atoms with Crippen molar-refractivity contribution in [2.75, 3.05) is 18.0 Å². The molecule has 10 heteroatoms. The topological polar surface area (TPSA) is 97.3 Å². The summed E-state index contributed by atoms with van der Waals surface area (Å²) in [5, 5.41) is 4.07. The Morgan fingerprint density at radius 1 is 1.00 bits per heavy atom. The first kappa shape index (κ1) is 31.8. The van der Waals surface area contributed by atoms with E-state index in [0.717, 1.165) is 21.0 Å². The molecule has 8 nitrogen and oxygen atoms in total. The molecule has 0 aliphatic rings. The monoisotopic (exact) mass is 663 g/mol. The van der Waals surface area contributed by atoms with Gasteiger partial charge in [0, 0.05) is 0 Å². The highest BCUT2D eigenvalue weighted by atomic mass is 79.9. The molecule has 1 N–H and O–H groups in total. The molecule has 0 aliphatic carbocycles. The highest BCUT2D eigenvalue weighted by Crippen LogP contribution is 2.37. The number of methoxy groups -OCH3 is 1. The third kappa shape index (κ3) is 8.24. The van der Waals surface area contributed by atoms with Crippen LogP contribution in [-0.4, -0.2) is 34.2 Å². The highest BCUT2D eigenvalue weighted by Gasteiger charge is 2.27. The summed E-state index contributed by atoms with van der Waals surface area (Å²) in [5.74, 6) is 0.692. The Bertz CT molecular complexity index is 1670. The van der Waals surface area contributed by atoms with E-state index < -0.39 is 22.5 Å². The van der Waals surface area contributed by atoms with Crippen LogP contribution in [0.15, 0.2) is 105 Å². The molecule has 0 fully saturated rings. The molecule has 43 heavy (non-hydrogen) atoms. The van der Waals surface area contributed by atoms with Gasteiger partial charge in [-0.2, -0.15) is 5.10 Å². The largest absolute Gasteiger partial charge is 0.493 e. The van der Waals surface area contributed by atoms with Gasteiger partial charge in [-0.05, 0) is 81.9 Å². The van der Waals surface area contributed by atoms with Crippen LogP contribution in [0.4, 0.5) is 5.69 Å². The molecule has 0 radical (unpaired) electrons. The van der Waals surface area contributed by atoms with Crippen LogP contribution in [0.2, 0.25) is 0 Å². The number of anilines is 1. The van der Waals surface area contributed by atoms with E-state index in [2.05, 4.69) is 40.3 Å². The van der Waals surface area contributed by atoms with Gasteiger partial charge in [0.1, 0.15) is 13.2 Å². The molecule has 0 aromatic heterocycles. The molecule has 0 heterocycles. The van der Waals surface area contributed by atoms with Gasteiger partial charge in [-0.15, -0.1) is 0 Å². The number of hydrazone groups is 1. The van der Waals surface area contributed by atoms with Crippen LogP contribution in [0.5, 0.6) is 11.5 Å². The normalized spacial score (nSPS) is 11.5. The van der Waals surface area contributed by atoms with E-state index in [1.165, 1.54) is 25.5 Å². The lowest BCUT2D eigenvalue weighted by atomic mass is 10.0. The number of aryl methyl sites for hydroxylation is 1. The Kier molecular flexibility index (Phi) is 10.6. The average Bonchev–Trinajstić information content (AvgIpc) is 3.00. The van der Waals surface area contributed by atoms with Crippen molar-refractivity contribution in [3.63, 3.8) is 0 Å². The quantitative estimate of drug-likeness (QED) is 0.133. The van der Waals surface area contributed by atoms with Crippen LogP contribution in [0.25, 0.3) is 0 Å². The number of carbonyl (C=O) groups is 1. The van der Waals surface area contributed by atoms with Gasteiger partial charge in [0.25, 0.3) is 15.9 Å². The van der Waals surface area contributed by atoms with Gasteiger partial charge in [-0.25, -0.2) is 13.8 Å². The lowest BCUT2D eigenvalue weighted by Crippen LogP contribution is -2.39. The van der Waals surface area contributed by atoms with Gasteiger partial charge in [-0.3, -0.25) is 9.10 Å². The Labute approximate surface area is 261 Å². The van der Waals surface area contributed by atoms with Crippen molar-refractivity contribution in [1.82, 2.24) is 5.43 Å². The zero-order valence-corrected chi connectivity index (χ0v) is 26.9. The lowest BCUT2D eigenvalue weighted by Gasteiger charge is -2.24. The van der Waals surface area contributed by atoms with Crippen molar-refractivity contribution in [2.24, 2.45) is 5.10 Å². The van der Waals surface area contributed by atoms with Gasteiger partial charge in [0.15, 0.2) is 11.5 Å². The summed E-state index contributed by atoms with van der Waals surface area (Å²) in [5.41, 5.74) is 6.46. The minimum absolute atomic E-state index is 0.0915. The van der Waals surface area contributed by atoms with E-state index in [-0.39, 0.29) is 10.8 Å². The van der Waals surface area contributed by atoms with Crippen LogP contribution in [0, 0.1) is 6.92 Å². The van der Waals surface area contributed by atoms with Gasteiger partial charge in [-0.1, -0.05) is 74.0 Å². The van der Waals surface area contributed by atoms with E-state index in [9.17, 15) is 13.2 Å². The summed E-state index contributed by atoms with van der Waals surface area (Å²) in [6.45, 7) is 5.89. The Morgan fingerprint density at radius 2 is 1.67 bits per heavy atom. The van der Waals surface area contributed by atoms with Gasteiger partial charge >= 0.3 is 0 Å². The third-order valence-corrected chi connectivity index (χ3v) is 9.00. The second kappa shape index (κ2) is 14.3. The molecule has 0 unspecified atom stereocenters. The number of hydrogen-bond acceptors (Lipinski definition) is 6. The maximum atomic E-state index is 13.7. The summed E-state index contributed by atoms with van der Waals surface area (Å²) in [4.78, 5) is 13.1. The number of nitrogens with one attached hydrogen (secondary N) is 1. The number of sulfonamides is 1. The summed E-state index contributed by atoms with van der Waals surface area (Å²) in [7, 11) is -2.50. The Balaban J connectivity index is 1.50. The van der Waals surface area contributed by atoms with Crippen molar-refractivity contribution in [3.8, 4) is 11.5 Å². The van der Waals surface area contributed by atoms with E-state index in [4.69, 9.17) is 9.47 Å². The molecule has 4 rings (SSSR count). The predicted molar refractivity (Wildman–Crippen MR) is 173 cm³/mol. The Hall–Kier alpha value is -4.15. The minimum atomic E-state index is -4.04. The molecule has 4 aromatic carbocycles. The zero-order valence-electron chi connectivity index (χ0n) is 24.5. The number of ether oxygens (including phenoxy) is 2. The molecule has 0 atom stereocenters. The van der Waals surface area contributed by atoms with Crippen molar-refractivity contribution >= 4 is 43.8 Å². The van der Waals surface area contributed by atoms with E-state index >= 15 is 0 Å². The number of amides is 1. The van der Waals surface area contributed by atoms with Crippen LogP contribution in [-0.2, 0) is 21.4 Å². The van der Waals surface area contributed by atoms with E-state index in [0.29, 0.717) is 33.8 Å². The fourth-order valence-electron chi connectivity index (χ4n) is 4.21. The van der Waals surface area contributed by atoms with Crippen LogP contribution < -0.4 is 19.2 Å². The van der Waals surface area contributed by atoms with Crippen molar-refractivity contribution in [3.05, 3.63) is 118 Å². The SMILES string of the molecule is COc1cc(/C=N\NC(=O)CN(c2ccc(C(C)C)cc2)S(=O)(=O)c2ccc(C)cc2)cc(Br)c1OCc1ccccc1. The molecular weight excluding hydrogens is 630 g/mol. The summed E-state index contributed by atoms with van der Waals surface area (Å²) >= 11 is 3.53. The maximum Gasteiger partial charge on any atom is 0.264 e. The Morgan fingerprint density at radius 3 is 2.30 bits per heavy atom. The first-order valence-electron chi connectivity index (χ1n) is 13.6. The fraction of sp³-hybridized carbons (Fsp3) is 0.212. The number of benzene rings is 4. The number of carbonyl (C=O) groups excluding carboxylic acids is 1. The first-order valence-corrected chi connectivity index (χ1v) is 15.9. The van der Waals surface area contributed by atoms with Crippen molar-refractivity contribution < 1.29 is 22.7 Å². The second-order valence-corrected chi connectivity index (χ2v) is 12.9. The molecule has 1 amide bonds. The van der Waals surface area contributed by atoms with Crippen LogP contribution in [0.3, 0.4) is 0 Å². The summed E-state index contributed by atoms with van der Waals surface area (Å²) < 4.78 is 40.5. The number of hydrogen-bond donors (Lipinski definition) is 1. The molecule has 0 aliphatic heterocycles. The van der Waals surface area contributed by atoms with Crippen LogP contribution in [0.1, 0.15) is 42.0 Å². The molecule has 0 saturated carbocycles. The minimum Gasteiger partial charge on any atom is -0.493 e. The van der Waals surface area contributed by atoms with E-state index in [1.54, 1.807) is 36.4 Å². The molecule has 4 aromatic rings. The maximum absolute atomic E-state index is 13.7. The molecule has 0 spiro atoms. The zero-order chi connectivity index (χ0) is 31.0. The van der Waals surface area contributed by atoms with Gasteiger partial charge in [0.2, 0.25) is 0 Å².